The van der Waals surface area contributed by atoms with Gasteiger partial charge in [-0.05, 0) is 45.6 Å². The predicted molar refractivity (Wildman–Crippen MR) is 72.4 cm³/mol. The summed E-state index contributed by atoms with van der Waals surface area (Å²) in [7, 11) is 0. The fraction of sp³-hybridized carbons (Fsp3) is 0.467. The predicted octanol–water partition coefficient (Wildman–Crippen LogP) is 4.17. The third kappa shape index (κ3) is 7.24. The molecule has 0 saturated heterocycles. The van der Waals surface area contributed by atoms with Gasteiger partial charge in [-0.15, -0.1) is 0 Å². The van der Waals surface area contributed by atoms with E-state index in [1.807, 2.05) is 13.0 Å². The van der Waals surface area contributed by atoms with Crippen molar-refractivity contribution in [1.29, 1.82) is 0 Å². The second-order valence-corrected chi connectivity index (χ2v) is 4.38. The van der Waals surface area contributed by atoms with Crippen molar-refractivity contribution in [3.8, 4) is 0 Å². The molecule has 0 aromatic carbocycles. The van der Waals surface area contributed by atoms with Crippen molar-refractivity contribution in [2.75, 3.05) is 0 Å². The van der Waals surface area contributed by atoms with Gasteiger partial charge in [0.1, 0.15) is 0 Å². The maximum absolute atomic E-state index is 9.83. The molecule has 0 aliphatic rings. The molecule has 0 radical (unpaired) electrons. The maximum Gasteiger partial charge on any atom is 0.0782 e. The van der Waals surface area contributed by atoms with Gasteiger partial charge in [-0.3, -0.25) is 0 Å². The van der Waals surface area contributed by atoms with E-state index in [2.05, 4.69) is 33.1 Å². The van der Waals surface area contributed by atoms with Crippen LogP contribution >= 0.6 is 0 Å². The van der Waals surface area contributed by atoms with Gasteiger partial charge in [0.2, 0.25) is 0 Å². The molecule has 0 aliphatic heterocycles. The summed E-state index contributed by atoms with van der Waals surface area (Å²) in [4.78, 5) is 0. The molecule has 1 atom stereocenters. The molecule has 0 rings (SSSR count). The second kappa shape index (κ2) is 8.12. The summed E-state index contributed by atoms with van der Waals surface area (Å²) in [6.45, 7) is 13.7. The molecule has 1 N–H and O–H groups in total. The molecule has 0 heterocycles. The first-order valence-corrected chi connectivity index (χ1v) is 5.75. The number of hydrogen-bond donors (Lipinski definition) is 1. The molecule has 0 aromatic rings. The maximum atomic E-state index is 9.83. The lowest BCUT2D eigenvalue weighted by atomic mass is 10.0. The number of aliphatic hydroxyl groups excluding tert-OH is 1. The Balaban J connectivity index is 4.00. The summed E-state index contributed by atoms with van der Waals surface area (Å²) < 4.78 is 0. The summed E-state index contributed by atoms with van der Waals surface area (Å²) >= 11 is 0. The van der Waals surface area contributed by atoms with Crippen LogP contribution in [0.25, 0.3) is 0 Å². The highest BCUT2D eigenvalue weighted by Crippen LogP contribution is 2.13. The van der Waals surface area contributed by atoms with Crippen LogP contribution in [0.3, 0.4) is 0 Å². The normalized spacial score (nSPS) is 13.1. The summed E-state index contributed by atoms with van der Waals surface area (Å²) in [6.07, 6.45) is 7.97. The topological polar surface area (TPSA) is 20.2 Å². The molecule has 0 aromatic heterocycles. The van der Waals surface area contributed by atoms with Gasteiger partial charge in [0.15, 0.2) is 0 Å². The molecule has 1 nitrogen and oxygen atoms in total. The molecule has 0 saturated carbocycles. The third-order valence-corrected chi connectivity index (χ3v) is 2.47. The number of rotatable bonds is 7. The number of hydrogen-bond acceptors (Lipinski definition) is 1. The molecule has 0 spiro atoms. The van der Waals surface area contributed by atoms with Gasteiger partial charge in [-0.2, -0.15) is 0 Å². The molecule has 16 heavy (non-hydrogen) atoms. The highest BCUT2D eigenvalue weighted by molar-refractivity contribution is 5.15. The fourth-order valence-corrected chi connectivity index (χ4v) is 1.26. The zero-order chi connectivity index (χ0) is 12.6. The lowest BCUT2D eigenvalue weighted by Crippen LogP contribution is -2.08. The first-order chi connectivity index (χ1) is 7.47. The van der Waals surface area contributed by atoms with Crippen LogP contribution in [-0.2, 0) is 0 Å². The molecule has 0 bridgehead atoms. The Kier molecular flexibility index (Phi) is 7.57. The summed E-state index contributed by atoms with van der Waals surface area (Å²) in [5.41, 5.74) is 3.31. The SMILES string of the molecule is C=C/C(C)=C/CC(O)C(=C)CCC=C(C)C. The van der Waals surface area contributed by atoms with Crippen molar-refractivity contribution >= 4 is 0 Å². The molecule has 0 amide bonds. The Morgan fingerprint density at radius 1 is 1.25 bits per heavy atom. The van der Waals surface area contributed by atoms with Crippen LogP contribution in [0.2, 0.25) is 0 Å². The van der Waals surface area contributed by atoms with E-state index >= 15 is 0 Å². The Bertz CT molecular complexity index is 291. The van der Waals surface area contributed by atoms with Gasteiger partial charge < -0.3 is 5.11 Å². The van der Waals surface area contributed by atoms with Crippen LogP contribution in [0.15, 0.2) is 48.1 Å². The van der Waals surface area contributed by atoms with Gasteiger partial charge in [0.05, 0.1) is 6.10 Å². The number of allylic oxidation sites excluding steroid dienone is 4. The highest BCUT2D eigenvalue weighted by atomic mass is 16.3. The van der Waals surface area contributed by atoms with Gasteiger partial charge in [-0.1, -0.05) is 42.5 Å². The van der Waals surface area contributed by atoms with E-state index in [0.29, 0.717) is 6.42 Å². The van der Waals surface area contributed by atoms with E-state index in [1.54, 1.807) is 6.08 Å². The molecular weight excluding hydrogens is 196 g/mol. The molecular formula is C15H24O. The van der Waals surface area contributed by atoms with Crippen molar-refractivity contribution in [3.63, 3.8) is 0 Å². The second-order valence-electron chi connectivity index (χ2n) is 4.38. The molecule has 90 valence electrons. The van der Waals surface area contributed by atoms with E-state index in [4.69, 9.17) is 0 Å². The van der Waals surface area contributed by atoms with Gasteiger partial charge in [-0.25, -0.2) is 0 Å². The highest BCUT2D eigenvalue weighted by Gasteiger charge is 2.05. The smallest absolute Gasteiger partial charge is 0.0782 e. The standard InChI is InChI=1S/C15H24O/c1-6-13(4)10-11-15(16)14(5)9-7-8-12(2)3/h6,8,10,15-16H,1,5,7,9,11H2,2-4H3/b13-10+. The quantitative estimate of drug-likeness (QED) is 0.504. The van der Waals surface area contributed by atoms with Crippen molar-refractivity contribution in [3.05, 3.63) is 48.1 Å². The fourth-order valence-electron chi connectivity index (χ4n) is 1.26. The van der Waals surface area contributed by atoms with Crippen molar-refractivity contribution in [2.45, 2.75) is 46.1 Å². The summed E-state index contributed by atoms with van der Waals surface area (Å²) in [6, 6.07) is 0. The monoisotopic (exact) mass is 220 g/mol. The van der Waals surface area contributed by atoms with Crippen LogP contribution in [0, 0.1) is 0 Å². The van der Waals surface area contributed by atoms with E-state index in [9.17, 15) is 5.11 Å². The molecule has 0 fully saturated rings. The minimum absolute atomic E-state index is 0.430. The lowest BCUT2D eigenvalue weighted by Gasteiger charge is -2.11. The van der Waals surface area contributed by atoms with E-state index in [1.165, 1.54) is 5.57 Å². The first kappa shape index (κ1) is 14.9. The Morgan fingerprint density at radius 2 is 1.88 bits per heavy atom. The van der Waals surface area contributed by atoms with Crippen LogP contribution in [-0.4, -0.2) is 11.2 Å². The zero-order valence-electron chi connectivity index (χ0n) is 10.8. The summed E-state index contributed by atoms with van der Waals surface area (Å²) in [5, 5.41) is 9.83. The summed E-state index contributed by atoms with van der Waals surface area (Å²) in [5.74, 6) is 0. The first-order valence-electron chi connectivity index (χ1n) is 5.75. The van der Waals surface area contributed by atoms with E-state index < -0.39 is 6.10 Å². The van der Waals surface area contributed by atoms with Crippen LogP contribution < -0.4 is 0 Å². The van der Waals surface area contributed by atoms with Gasteiger partial charge >= 0.3 is 0 Å². The van der Waals surface area contributed by atoms with E-state index in [0.717, 1.165) is 24.0 Å². The average Bonchev–Trinajstić information content (AvgIpc) is 2.24. The van der Waals surface area contributed by atoms with Gasteiger partial charge in [0, 0.05) is 0 Å². The van der Waals surface area contributed by atoms with Crippen LogP contribution in [0.5, 0.6) is 0 Å². The third-order valence-electron chi connectivity index (χ3n) is 2.47. The Labute approximate surface area is 99.9 Å². The molecule has 1 heteroatoms. The molecule has 0 aliphatic carbocycles. The van der Waals surface area contributed by atoms with Crippen molar-refractivity contribution in [2.24, 2.45) is 0 Å². The Morgan fingerprint density at radius 3 is 2.38 bits per heavy atom. The molecule has 1 unspecified atom stereocenters. The minimum atomic E-state index is -0.430. The van der Waals surface area contributed by atoms with Crippen molar-refractivity contribution < 1.29 is 5.11 Å². The minimum Gasteiger partial charge on any atom is -0.388 e. The Hall–Kier alpha value is -1.08. The largest absolute Gasteiger partial charge is 0.388 e. The van der Waals surface area contributed by atoms with Crippen LogP contribution in [0.4, 0.5) is 0 Å². The lowest BCUT2D eigenvalue weighted by molar-refractivity contribution is 0.210. The van der Waals surface area contributed by atoms with Crippen molar-refractivity contribution in [1.82, 2.24) is 0 Å². The van der Waals surface area contributed by atoms with Crippen LogP contribution in [0.1, 0.15) is 40.0 Å². The zero-order valence-corrected chi connectivity index (χ0v) is 10.8. The van der Waals surface area contributed by atoms with Gasteiger partial charge in [0.25, 0.3) is 0 Å². The number of aliphatic hydroxyl groups is 1. The van der Waals surface area contributed by atoms with E-state index in [-0.39, 0.29) is 0 Å². The average molecular weight is 220 g/mol.